The summed E-state index contributed by atoms with van der Waals surface area (Å²) in [6, 6.07) is 14.7. The van der Waals surface area contributed by atoms with Gasteiger partial charge in [0.2, 0.25) is 0 Å². The number of carbonyl (C=O) groups excluding carboxylic acids is 1. The van der Waals surface area contributed by atoms with Crippen molar-refractivity contribution in [2.75, 3.05) is 7.11 Å². The topological polar surface area (TPSA) is 91.6 Å². The maximum absolute atomic E-state index is 11.8. The number of phenolic OH excluding ortho intramolecular Hbond substituents is 1. The number of phenols is 1. The number of benzene rings is 2. The number of nitrogens with zero attached hydrogens (tertiary/aromatic N) is 1. The SMILES string of the molecule is COc1cc(C(C#N)NC(=O)OCc2ccccc2)ccc1O. The van der Waals surface area contributed by atoms with Crippen molar-refractivity contribution in [3.05, 3.63) is 59.7 Å². The van der Waals surface area contributed by atoms with Gasteiger partial charge in [0.05, 0.1) is 13.2 Å². The molecule has 0 radical (unpaired) electrons. The van der Waals surface area contributed by atoms with Crippen LogP contribution in [0.2, 0.25) is 0 Å². The molecule has 1 atom stereocenters. The van der Waals surface area contributed by atoms with E-state index in [0.29, 0.717) is 5.56 Å². The summed E-state index contributed by atoms with van der Waals surface area (Å²) in [7, 11) is 1.40. The number of methoxy groups -OCH3 is 1. The van der Waals surface area contributed by atoms with E-state index >= 15 is 0 Å². The smallest absolute Gasteiger partial charge is 0.408 e. The quantitative estimate of drug-likeness (QED) is 0.885. The van der Waals surface area contributed by atoms with Crippen molar-refractivity contribution < 1.29 is 19.4 Å². The van der Waals surface area contributed by atoms with Gasteiger partial charge < -0.3 is 19.9 Å². The molecule has 0 fully saturated rings. The van der Waals surface area contributed by atoms with Crippen LogP contribution in [0.3, 0.4) is 0 Å². The number of rotatable bonds is 5. The highest BCUT2D eigenvalue weighted by Crippen LogP contribution is 2.28. The van der Waals surface area contributed by atoms with E-state index in [9.17, 15) is 15.2 Å². The minimum absolute atomic E-state index is 0.0420. The van der Waals surface area contributed by atoms with Crippen LogP contribution in [-0.4, -0.2) is 18.3 Å². The molecule has 2 N–H and O–H groups in total. The summed E-state index contributed by atoms with van der Waals surface area (Å²) in [6.45, 7) is 0.115. The van der Waals surface area contributed by atoms with Crippen LogP contribution < -0.4 is 10.1 Å². The van der Waals surface area contributed by atoms with E-state index in [1.807, 2.05) is 36.4 Å². The number of aromatic hydroxyl groups is 1. The summed E-state index contributed by atoms with van der Waals surface area (Å²) in [6.07, 6.45) is -0.701. The van der Waals surface area contributed by atoms with Crippen LogP contribution >= 0.6 is 0 Å². The Morgan fingerprint density at radius 1 is 1.30 bits per heavy atom. The number of amides is 1. The van der Waals surface area contributed by atoms with E-state index in [1.54, 1.807) is 0 Å². The monoisotopic (exact) mass is 312 g/mol. The minimum Gasteiger partial charge on any atom is -0.504 e. The zero-order chi connectivity index (χ0) is 16.7. The molecule has 0 aromatic heterocycles. The van der Waals surface area contributed by atoms with Gasteiger partial charge in [0.15, 0.2) is 11.5 Å². The lowest BCUT2D eigenvalue weighted by Gasteiger charge is -2.14. The molecule has 2 aromatic carbocycles. The van der Waals surface area contributed by atoms with E-state index < -0.39 is 12.1 Å². The second kappa shape index (κ2) is 7.71. The average Bonchev–Trinajstić information content (AvgIpc) is 2.59. The third-order valence-corrected chi connectivity index (χ3v) is 3.14. The van der Waals surface area contributed by atoms with Crippen LogP contribution in [0.15, 0.2) is 48.5 Å². The van der Waals surface area contributed by atoms with Gasteiger partial charge in [0, 0.05) is 0 Å². The maximum Gasteiger partial charge on any atom is 0.408 e. The Balaban J connectivity index is 1.99. The fraction of sp³-hybridized carbons (Fsp3) is 0.176. The second-order valence-electron chi connectivity index (χ2n) is 4.70. The van der Waals surface area contributed by atoms with Crippen LogP contribution in [0, 0.1) is 11.3 Å². The van der Waals surface area contributed by atoms with E-state index in [-0.39, 0.29) is 18.1 Å². The zero-order valence-electron chi connectivity index (χ0n) is 12.5. The molecule has 2 rings (SSSR count). The van der Waals surface area contributed by atoms with E-state index in [4.69, 9.17) is 9.47 Å². The fourth-order valence-corrected chi connectivity index (χ4v) is 1.95. The predicted molar refractivity (Wildman–Crippen MR) is 82.8 cm³/mol. The Hall–Kier alpha value is -3.20. The number of carbonyl (C=O) groups is 1. The Bertz CT molecular complexity index is 710. The number of nitriles is 1. The summed E-state index contributed by atoms with van der Waals surface area (Å²) in [5.74, 6) is 0.182. The molecule has 1 amide bonds. The van der Waals surface area contributed by atoms with Gasteiger partial charge >= 0.3 is 6.09 Å². The standard InChI is InChI=1S/C17H16N2O4/c1-22-16-9-13(7-8-15(16)20)14(10-18)19-17(21)23-11-12-5-3-2-4-6-12/h2-9,14,20H,11H2,1H3,(H,19,21). The first-order chi connectivity index (χ1) is 11.1. The number of hydrogen-bond acceptors (Lipinski definition) is 5. The Morgan fingerprint density at radius 3 is 2.70 bits per heavy atom. The van der Waals surface area contributed by atoms with Gasteiger partial charge in [0.1, 0.15) is 12.6 Å². The zero-order valence-corrected chi connectivity index (χ0v) is 12.5. The van der Waals surface area contributed by atoms with Crippen LogP contribution in [0.5, 0.6) is 11.5 Å². The molecular weight excluding hydrogens is 296 g/mol. The van der Waals surface area contributed by atoms with E-state index in [2.05, 4.69) is 5.32 Å². The minimum atomic E-state index is -0.909. The Kier molecular flexibility index (Phi) is 5.42. The molecule has 6 heteroatoms. The molecule has 0 saturated carbocycles. The van der Waals surface area contributed by atoms with Gasteiger partial charge in [-0.3, -0.25) is 0 Å². The highest BCUT2D eigenvalue weighted by Gasteiger charge is 2.16. The number of alkyl carbamates (subject to hydrolysis) is 1. The first-order valence-electron chi connectivity index (χ1n) is 6.87. The summed E-state index contributed by atoms with van der Waals surface area (Å²) >= 11 is 0. The van der Waals surface area contributed by atoms with E-state index in [0.717, 1.165) is 5.56 Å². The number of nitrogens with one attached hydrogen (secondary N) is 1. The molecule has 6 nitrogen and oxygen atoms in total. The van der Waals surface area contributed by atoms with Gasteiger partial charge in [-0.1, -0.05) is 36.4 Å². The molecule has 0 aliphatic heterocycles. The molecule has 0 spiro atoms. The van der Waals surface area contributed by atoms with Gasteiger partial charge in [-0.15, -0.1) is 0 Å². The van der Waals surface area contributed by atoms with Gasteiger partial charge in [-0.2, -0.15) is 5.26 Å². The maximum atomic E-state index is 11.8. The van der Waals surface area contributed by atoms with Gasteiger partial charge in [-0.25, -0.2) is 4.79 Å². The van der Waals surface area contributed by atoms with Crippen molar-refractivity contribution >= 4 is 6.09 Å². The summed E-state index contributed by atoms with van der Waals surface area (Å²) in [5.41, 5.74) is 1.33. The number of hydrogen-bond donors (Lipinski definition) is 2. The van der Waals surface area contributed by atoms with E-state index in [1.165, 1.54) is 25.3 Å². The van der Waals surface area contributed by atoms with Crippen molar-refractivity contribution in [1.29, 1.82) is 5.26 Å². The molecule has 0 aliphatic rings. The molecule has 0 saturated heterocycles. The fourth-order valence-electron chi connectivity index (χ4n) is 1.95. The van der Waals surface area contributed by atoms with Crippen LogP contribution in [0.25, 0.3) is 0 Å². The van der Waals surface area contributed by atoms with Crippen molar-refractivity contribution in [2.24, 2.45) is 0 Å². The molecule has 118 valence electrons. The van der Waals surface area contributed by atoms with Gasteiger partial charge in [0.25, 0.3) is 0 Å². The molecule has 1 unspecified atom stereocenters. The van der Waals surface area contributed by atoms with Crippen LogP contribution in [0.4, 0.5) is 4.79 Å². The second-order valence-corrected chi connectivity index (χ2v) is 4.70. The molecule has 0 aliphatic carbocycles. The molecular formula is C17H16N2O4. The average molecular weight is 312 g/mol. The lowest BCUT2D eigenvalue weighted by atomic mass is 10.1. The lowest BCUT2D eigenvalue weighted by molar-refractivity contribution is 0.137. The summed E-state index contributed by atoms with van der Waals surface area (Å²) < 4.78 is 10.1. The van der Waals surface area contributed by atoms with Crippen molar-refractivity contribution in [3.8, 4) is 17.6 Å². The molecule has 2 aromatic rings. The molecule has 23 heavy (non-hydrogen) atoms. The first kappa shape index (κ1) is 16.2. The van der Waals surface area contributed by atoms with Crippen molar-refractivity contribution in [2.45, 2.75) is 12.6 Å². The predicted octanol–water partition coefficient (Wildman–Crippen LogP) is 2.89. The molecule has 0 bridgehead atoms. The third kappa shape index (κ3) is 4.38. The third-order valence-electron chi connectivity index (χ3n) is 3.14. The first-order valence-corrected chi connectivity index (χ1v) is 6.87. The molecule has 0 heterocycles. The largest absolute Gasteiger partial charge is 0.504 e. The summed E-state index contributed by atoms with van der Waals surface area (Å²) in [5, 5.41) is 21.2. The highest BCUT2D eigenvalue weighted by molar-refractivity contribution is 5.68. The van der Waals surface area contributed by atoms with Crippen molar-refractivity contribution in [3.63, 3.8) is 0 Å². The van der Waals surface area contributed by atoms with Gasteiger partial charge in [-0.05, 0) is 23.3 Å². The van der Waals surface area contributed by atoms with Crippen molar-refractivity contribution in [1.82, 2.24) is 5.32 Å². The summed E-state index contributed by atoms with van der Waals surface area (Å²) in [4.78, 5) is 11.8. The normalized spacial score (nSPS) is 11.1. The Labute approximate surface area is 133 Å². The van der Waals surface area contributed by atoms with Crippen LogP contribution in [-0.2, 0) is 11.3 Å². The highest BCUT2D eigenvalue weighted by atomic mass is 16.5. The number of ether oxygens (including phenoxy) is 2. The Morgan fingerprint density at radius 2 is 2.04 bits per heavy atom. The lowest BCUT2D eigenvalue weighted by Crippen LogP contribution is -2.28. The van der Waals surface area contributed by atoms with Crippen LogP contribution in [0.1, 0.15) is 17.2 Å².